The van der Waals surface area contributed by atoms with E-state index in [1.54, 1.807) is 13.0 Å². The van der Waals surface area contributed by atoms with Crippen molar-refractivity contribution in [2.75, 3.05) is 0 Å². The molecule has 0 spiro atoms. The molecule has 2 aromatic rings. The van der Waals surface area contributed by atoms with Crippen LogP contribution in [-0.2, 0) is 0 Å². The van der Waals surface area contributed by atoms with Gasteiger partial charge in [-0.1, -0.05) is 6.42 Å². The zero-order valence-corrected chi connectivity index (χ0v) is 14.5. The summed E-state index contributed by atoms with van der Waals surface area (Å²) in [4.78, 5) is 17.3. The van der Waals surface area contributed by atoms with Crippen molar-refractivity contribution < 1.29 is 9.18 Å². The Bertz CT molecular complexity index is 808. The second-order valence-electron chi connectivity index (χ2n) is 7.64. The minimum absolute atomic E-state index is 0.0754. The van der Waals surface area contributed by atoms with Crippen LogP contribution < -0.4 is 11.1 Å². The molecule has 1 amide bonds. The van der Waals surface area contributed by atoms with Crippen LogP contribution in [0.2, 0.25) is 0 Å². The molecule has 2 aliphatic rings. The van der Waals surface area contributed by atoms with Gasteiger partial charge in [0.25, 0.3) is 5.91 Å². The molecule has 4 nitrogen and oxygen atoms in total. The van der Waals surface area contributed by atoms with Gasteiger partial charge in [-0.2, -0.15) is 0 Å². The van der Waals surface area contributed by atoms with E-state index in [4.69, 9.17) is 5.73 Å². The van der Waals surface area contributed by atoms with Crippen molar-refractivity contribution in [3.63, 3.8) is 0 Å². The average molecular weight is 341 g/mol. The predicted octanol–water partition coefficient (Wildman–Crippen LogP) is 3.32. The highest BCUT2D eigenvalue weighted by Crippen LogP contribution is 2.39. The van der Waals surface area contributed by atoms with Gasteiger partial charge in [0.2, 0.25) is 0 Å². The van der Waals surface area contributed by atoms with E-state index in [9.17, 15) is 9.18 Å². The third kappa shape index (κ3) is 3.13. The van der Waals surface area contributed by atoms with Crippen molar-refractivity contribution in [2.45, 2.75) is 51.1 Å². The Hall–Kier alpha value is -2.01. The van der Waals surface area contributed by atoms with Crippen molar-refractivity contribution in [3.8, 4) is 0 Å². The van der Waals surface area contributed by atoms with E-state index in [-0.39, 0.29) is 23.8 Å². The number of fused-ring (bicyclic) bond motifs is 3. The van der Waals surface area contributed by atoms with E-state index in [0.29, 0.717) is 28.6 Å². The van der Waals surface area contributed by atoms with Gasteiger partial charge in [-0.05, 0) is 62.6 Å². The lowest BCUT2D eigenvalue weighted by atomic mass is 9.67. The van der Waals surface area contributed by atoms with Crippen molar-refractivity contribution in [2.24, 2.45) is 17.6 Å². The molecule has 2 bridgehead atoms. The van der Waals surface area contributed by atoms with Gasteiger partial charge in [0.15, 0.2) is 0 Å². The van der Waals surface area contributed by atoms with Gasteiger partial charge in [0, 0.05) is 23.5 Å². The van der Waals surface area contributed by atoms with Gasteiger partial charge in [-0.25, -0.2) is 4.39 Å². The van der Waals surface area contributed by atoms with E-state index in [1.165, 1.54) is 18.6 Å². The second kappa shape index (κ2) is 6.37. The minimum atomic E-state index is -0.317. The van der Waals surface area contributed by atoms with Crippen LogP contribution in [0.15, 0.2) is 24.3 Å². The first-order chi connectivity index (χ1) is 12.0. The molecular formula is C20H24FN3O. The topological polar surface area (TPSA) is 68.0 Å². The Kier molecular flexibility index (Phi) is 4.20. The molecule has 1 heterocycles. The molecule has 2 fully saturated rings. The molecule has 0 radical (unpaired) electrons. The van der Waals surface area contributed by atoms with Crippen LogP contribution in [0.1, 0.15) is 48.2 Å². The first kappa shape index (κ1) is 16.5. The van der Waals surface area contributed by atoms with Gasteiger partial charge in [-0.3, -0.25) is 9.78 Å². The highest BCUT2D eigenvalue weighted by molar-refractivity contribution is 5.98. The molecule has 1 aromatic carbocycles. The molecule has 4 rings (SSSR count). The maximum atomic E-state index is 13.4. The summed E-state index contributed by atoms with van der Waals surface area (Å²) in [6, 6.07) is 6.76. The molecular weight excluding hydrogens is 317 g/mol. The number of aromatic nitrogens is 1. The van der Waals surface area contributed by atoms with Gasteiger partial charge in [0.1, 0.15) is 5.82 Å². The highest BCUT2D eigenvalue weighted by Gasteiger charge is 2.40. The Morgan fingerprint density at radius 2 is 1.96 bits per heavy atom. The lowest BCUT2D eigenvalue weighted by Crippen LogP contribution is -2.53. The Balaban J connectivity index is 1.60. The van der Waals surface area contributed by atoms with Crippen LogP contribution >= 0.6 is 0 Å². The first-order valence-corrected chi connectivity index (χ1v) is 9.14. The Morgan fingerprint density at radius 3 is 2.68 bits per heavy atom. The molecule has 1 aromatic heterocycles. The zero-order chi connectivity index (χ0) is 17.6. The number of carbonyl (C=O) groups excluding carboxylic acids is 1. The number of nitrogens with two attached hydrogens (primary N) is 1. The highest BCUT2D eigenvalue weighted by atomic mass is 19.1. The van der Waals surface area contributed by atoms with Crippen LogP contribution in [0.25, 0.3) is 10.9 Å². The average Bonchev–Trinajstić information content (AvgIpc) is 2.54. The Labute approximate surface area is 147 Å². The van der Waals surface area contributed by atoms with Gasteiger partial charge in [-0.15, -0.1) is 0 Å². The number of aryl methyl sites for hydroxylation is 1. The van der Waals surface area contributed by atoms with Crippen LogP contribution in [-0.4, -0.2) is 23.0 Å². The smallest absolute Gasteiger partial charge is 0.253 e. The van der Waals surface area contributed by atoms with Crippen LogP contribution in [0.3, 0.4) is 0 Å². The van der Waals surface area contributed by atoms with Gasteiger partial charge in [0.05, 0.1) is 16.8 Å². The summed E-state index contributed by atoms with van der Waals surface area (Å²) in [7, 11) is 0. The standard InChI is InChI=1S/C20H24FN3O/c1-11-17(9-12-5-6-15(21)10-18(12)23-11)20(25)24-19-13-3-2-4-14(19)8-16(22)7-13/h5-6,9-10,13-14,16,19H,2-4,7-8,22H2,1H3,(H,24,25). The largest absolute Gasteiger partial charge is 0.349 e. The quantitative estimate of drug-likeness (QED) is 0.880. The maximum absolute atomic E-state index is 13.4. The lowest BCUT2D eigenvalue weighted by Gasteiger charge is -2.45. The number of nitrogens with one attached hydrogen (secondary N) is 1. The Morgan fingerprint density at radius 1 is 1.24 bits per heavy atom. The second-order valence-corrected chi connectivity index (χ2v) is 7.64. The predicted molar refractivity (Wildman–Crippen MR) is 95.7 cm³/mol. The number of amides is 1. The summed E-state index contributed by atoms with van der Waals surface area (Å²) in [6.45, 7) is 1.80. The van der Waals surface area contributed by atoms with E-state index in [1.807, 2.05) is 6.07 Å². The number of halogens is 1. The summed E-state index contributed by atoms with van der Waals surface area (Å²) in [5.41, 5.74) is 7.96. The van der Waals surface area contributed by atoms with Crippen molar-refractivity contribution >= 4 is 16.8 Å². The summed E-state index contributed by atoms with van der Waals surface area (Å²) in [5.74, 6) is 0.570. The number of hydrogen-bond acceptors (Lipinski definition) is 3. The van der Waals surface area contributed by atoms with E-state index in [0.717, 1.165) is 31.1 Å². The molecule has 2 aliphatic carbocycles. The number of carbonyl (C=O) groups is 1. The van der Waals surface area contributed by atoms with Crippen LogP contribution in [0, 0.1) is 24.6 Å². The number of benzene rings is 1. The van der Waals surface area contributed by atoms with Gasteiger partial charge >= 0.3 is 0 Å². The molecule has 5 heteroatoms. The molecule has 25 heavy (non-hydrogen) atoms. The van der Waals surface area contributed by atoms with Crippen molar-refractivity contribution in [1.29, 1.82) is 0 Å². The van der Waals surface area contributed by atoms with Crippen molar-refractivity contribution in [1.82, 2.24) is 10.3 Å². The van der Waals surface area contributed by atoms with Crippen LogP contribution in [0.4, 0.5) is 4.39 Å². The number of pyridine rings is 1. The molecule has 132 valence electrons. The summed E-state index contributed by atoms with van der Waals surface area (Å²) in [5, 5.41) is 4.05. The first-order valence-electron chi connectivity index (χ1n) is 9.14. The fraction of sp³-hybridized carbons (Fsp3) is 0.500. The lowest BCUT2D eigenvalue weighted by molar-refractivity contribution is 0.0755. The summed E-state index contributed by atoms with van der Waals surface area (Å²) in [6.07, 6.45) is 5.51. The third-order valence-electron chi connectivity index (χ3n) is 5.89. The number of nitrogens with zero attached hydrogens (tertiary/aromatic N) is 1. The molecule has 2 atom stereocenters. The van der Waals surface area contributed by atoms with Crippen LogP contribution in [0.5, 0.6) is 0 Å². The molecule has 2 saturated carbocycles. The third-order valence-corrected chi connectivity index (χ3v) is 5.89. The van der Waals surface area contributed by atoms with E-state index < -0.39 is 0 Å². The van der Waals surface area contributed by atoms with E-state index >= 15 is 0 Å². The van der Waals surface area contributed by atoms with Crippen molar-refractivity contribution in [3.05, 3.63) is 41.3 Å². The number of hydrogen-bond donors (Lipinski definition) is 2. The zero-order valence-electron chi connectivity index (χ0n) is 14.5. The molecule has 0 aliphatic heterocycles. The number of rotatable bonds is 2. The summed E-state index contributed by atoms with van der Waals surface area (Å²) < 4.78 is 13.4. The van der Waals surface area contributed by atoms with E-state index in [2.05, 4.69) is 10.3 Å². The monoisotopic (exact) mass is 341 g/mol. The normalized spacial score (nSPS) is 28.8. The molecule has 0 saturated heterocycles. The molecule has 3 N–H and O–H groups in total. The summed E-state index contributed by atoms with van der Waals surface area (Å²) >= 11 is 0. The minimum Gasteiger partial charge on any atom is -0.349 e. The van der Waals surface area contributed by atoms with Gasteiger partial charge < -0.3 is 11.1 Å². The fourth-order valence-corrected chi connectivity index (χ4v) is 4.72. The SMILES string of the molecule is Cc1nc2cc(F)ccc2cc1C(=O)NC1C2CCCC1CC(N)C2. The maximum Gasteiger partial charge on any atom is 0.253 e. The molecule has 2 unspecified atom stereocenters. The fourth-order valence-electron chi connectivity index (χ4n) is 4.72.